The molecular weight excluding hydrogens is 352 g/mol. The number of likely N-dealkylation sites (tertiary alicyclic amines) is 1. The molecule has 0 unspecified atom stereocenters. The number of anilines is 2. The van der Waals surface area contributed by atoms with Gasteiger partial charge in [0.15, 0.2) is 5.82 Å². The quantitative estimate of drug-likeness (QED) is 0.526. The zero-order chi connectivity index (χ0) is 19.0. The van der Waals surface area contributed by atoms with Gasteiger partial charge in [0.25, 0.3) is 0 Å². The Hall–Kier alpha value is -3.00. The van der Waals surface area contributed by atoms with E-state index in [1.807, 2.05) is 36.5 Å². The number of benzene rings is 1. The predicted octanol–water partition coefficient (Wildman–Crippen LogP) is 2.42. The first-order chi connectivity index (χ1) is 13.9. The smallest absolute Gasteiger partial charge is 0.228 e. The number of H-pyrrole nitrogens is 1. The van der Waals surface area contributed by atoms with Crippen LogP contribution >= 0.6 is 0 Å². The summed E-state index contributed by atoms with van der Waals surface area (Å²) in [5.41, 5.74) is 2.05. The van der Waals surface area contributed by atoms with Crippen LogP contribution in [0.4, 0.5) is 11.9 Å². The number of hydrogen-bond acceptors (Lipinski definition) is 7. The average Bonchev–Trinajstić information content (AvgIpc) is 3.43. The second-order valence-electron chi connectivity index (χ2n) is 6.90. The monoisotopic (exact) mass is 378 g/mol. The van der Waals surface area contributed by atoms with Gasteiger partial charge in [-0.25, -0.2) is 4.98 Å². The first-order valence-electron chi connectivity index (χ1n) is 9.86. The molecule has 1 aliphatic heterocycles. The molecule has 3 N–H and O–H groups in total. The fourth-order valence-corrected chi connectivity index (χ4v) is 3.31. The van der Waals surface area contributed by atoms with E-state index in [9.17, 15) is 0 Å². The van der Waals surface area contributed by atoms with Crippen molar-refractivity contribution in [2.75, 3.05) is 43.4 Å². The summed E-state index contributed by atoms with van der Waals surface area (Å²) in [6, 6.07) is 9.99. The minimum atomic E-state index is 0.581. The van der Waals surface area contributed by atoms with E-state index in [0.29, 0.717) is 24.3 Å². The predicted molar refractivity (Wildman–Crippen MR) is 110 cm³/mol. The van der Waals surface area contributed by atoms with Gasteiger partial charge in [-0.1, -0.05) is 30.3 Å². The zero-order valence-corrected chi connectivity index (χ0v) is 15.9. The zero-order valence-electron chi connectivity index (χ0n) is 15.9. The summed E-state index contributed by atoms with van der Waals surface area (Å²) in [6.45, 7) is 4.93. The topological polar surface area (TPSA) is 94.7 Å². The molecule has 28 heavy (non-hydrogen) atoms. The molecule has 1 saturated heterocycles. The van der Waals surface area contributed by atoms with Gasteiger partial charge in [0.2, 0.25) is 11.9 Å². The van der Waals surface area contributed by atoms with Crippen molar-refractivity contribution in [3.8, 4) is 11.4 Å². The summed E-state index contributed by atoms with van der Waals surface area (Å²) in [6.07, 6.45) is 6.94. The van der Waals surface area contributed by atoms with E-state index in [2.05, 4.69) is 40.5 Å². The lowest BCUT2D eigenvalue weighted by Crippen LogP contribution is -2.26. The molecular formula is C20H26N8. The molecule has 1 aromatic carbocycles. The minimum absolute atomic E-state index is 0.581. The van der Waals surface area contributed by atoms with Crippen LogP contribution in [0.2, 0.25) is 0 Å². The van der Waals surface area contributed by atoms with Gasteiger partial charge in [0.1, 0.15) is 0 Å². The van der Waals surface area contributed by atoms with Gasteiger partial charge in [-0.2, -0.15) is 15.0 Å². The lowest BCUT2D eigenvalue weighted by molar-refractivity contribution is 0.352. The van der Waals surface area contributed by atoms with Crippen molar-refractivity contribution in [2.24, 2.45) is 0 Å². The Morgan fingerprint density at radius 1 is 0.929 bits per heavy atom. The molecule has 3 heterocycles. The molecule has 1 aliphatic rings. The van der Waals surface area contributed by atoms with Crippen LogP contribution in [0.25, 0.3) is 11.4 Å². The number of aromatic nitrogens is 5. The largest absolute Gasteiger partial charge is 0.354 e. The third-order valence-electron chi connectivity index (χ3n) is 4.81. The number of rotatable bonds is 9. The first kappa shape index (κ1) is 18.4. The van der Waals surface area contributed by atoms with Gasteiger partial charge >= 0.3 is 0 Å². The van der Waals surface area contributed by atoms with Gasteiger partial charge in [-0.05, 0) is 25.9 Å². The number of aromatic amines is 1. The summed E-state index contributed by atoms with van der Waals surface area (Å²) in [5, 5.41) is 6.67. The molecule has 146 valence electrons. The van der Waals surface area contributed by atoms with Crippen molar-refractivity contribution in [3.63, 3.8) is 0 Å². The Bertz CT molecular complexity index is 844. The Labute approximate surface area is 164 Å². The van der Waals surface area contributed by atoms with Crippen LogP contribution in [0.5, 0.6) is 0 Å². The van der Waals surface area contributed by atoms with Crippen molar-refractivity contribution in [1.29, 1.82) is 0 Å². The second kappa shape index (κ2) is 9.27. The highest BCUT2D eigenvalue weighted by Crippen LogP contribution is 2.17. The number of nitrogens with one attached hydrogen (secondary N) is 3. The highest BCUT2D eigenvalue weighted by molar-refractivity contribution is 5.57. The molecule has 0 saturated carbocycles. The summed E-state index contributed by atoms with van der Waals surface area (Å²) < 4.78 is 0. The van der Waals surface area contributed by atoms with Crippen LogP contribution in [0.15, 0.2) is 42.9 Å². The lowest BCUT2D eigenvalue weighted by atomic mass is 10.2. The first-order valence-corrected chi connectivity index (χ1v) is 9.86. The van der Waals surface area contributed by atoms with Crippen LogP contribution in [0.3, 0.4) is 0 Å². The molecule has 0 aliphatic carbocycles. The highest BCUT2D eigenvalue weighted by Gasteiger charge is 2.12. The Morgan fingerprint density at radius 2 is 1.68 bits per heavy atom. The van der Waals surface area contributed by atoms with Gasteiger partial charge in [0.05, 0.1) is 6.33 Å². The van der Waals surface area contributed by atoms with Crippen molar-refractivity contribution < 1.29 is 0 Å². The number of nitrogens with zero attached hydrogens (tertiary/aromatic N) is 5. The molecule has 0 atom stereocenters. The molecule has 1 fully saturated rings. The van der Waals surface area contributed by atoms with Crippen LogP contribution in [0.1, 0.15) is 18.5 Å². The Kier molecular flexibility index (Phi) is 6.08. The standard InChI is InChI=1S/C20H26N8/c1-2-6-16(7-3-1)18-25-19(22-9-8-17-14-21-15-24-17)27-20(26-18)23-10-13-28-11-4-5-12-28/h1-3,6-7,14-15H,4-5,8-13H2,(H,21,24)(H2,22,23,25,26,27). The van der Waals surface area contributed by atoms with Crippen LogP contribution < -0.4 is 10.6 Å². The molecule has 8 heteroatoms. The maximum atomic E-state index is 4.62. The van der Waals surface area contributed by atoms with E-state index in [4.69, 9.17) is 0 Å². The molecule has 0 radical (unpaired) electrons. The summed E-state index contributed by atoms with van der Waals surface area (Å²) in [7, 11) is 0. The SMILES string of the molecule is c1ccc(-c2nc(NCCc3cnc[nH]3)nc(NCCN3CCCC3)n2)cc1. The molecule has 0 bridgehead atoms. The van der Waals surface area contributed by atoms with Crippen molar-refractivity contribution in [3.05, 3.63) is 48.5 Å². The van der Waals surface area contributed by atoms with E-state index in [0.717, 1.165) is 30.8 Å². The Morgan fingerprint density at radius 3 is 2.39 bits per heavy atom. The van der Waals surface area contributed by atoms with Crippen LogP contribution in [-0.2, 0) is 6.42 Å². The van der Waals surface area contributed by atoms with E-state index in [1.165, 1.54) is 25.9 Å². The fraction of sp³-hybridized carbons (Fsp3) is 0.400. The number of imidazole rings is 1. The highest BCUT2D eigenvalue weighted by atomic mass is 15.2. The summed E-state index contributed by atoms with van der Waals surface area (Å²) >= 11 is 0. The van der Waals surface area contributed by atoms with E-state index in [1.54, 1.807) is 6.33 Å². The third kappa shape index (κ3) is 5.04. The molecule has 4 rings (SSSR count). The van der Waals surface area contributed by atoms with Gasteiger partial charge in [-0.15, -0.1) is 0 Å². The van der Waals surface area contributed by atoms with Crippen molar-refractivity contribution in [2.45, 2.75) is 19.3 Å². The molecule has 0 amide bonds. The third-order valence-corrected chi connectivity index (χ3v) is 4.81. The minimum Gasteiger partial charge on any atom is -0.354 e. The molecule has 8 nitrogen and oxygen atoms in total. The van der Waals surface area contributed by atoms with E-state index in [-0.39, 0.29) is 0 Å². The maximum Gasteiger partial charge on any atom is 0.228 e. The van der Waals surface area contributed by atoms with Gasteiger partial charge < -0.3 is 20.5 Å². The Balaban J connectivity index is 1.44. The number of hydrogen-bond donors (Lipinski definition) is 3. The van der Waals surface area contributed by atoms with Crippen molar-refractivity contribution >= 4 is 11.9 Å². The molecule has 0 spiro atoms. The second-order valence-corrected chi connectivity index (χ2v) is 6.90. The summed E-state index contributed by atoms with van der Waals surface area (Å²) in [4.78, 5) is 23.4. The summed E-state index contributed by atoms with van der Waals surface area (Å²) in [5.74, 6) is 1.86. The van der Waals surface area contributed by atoms with Gasteiger partial charge in [-0.3, -0.25) is 0 Å². The van der Waals surface area contributed by atoms with Crippen LogP contribution in [-0.4, -0.2) is 62.5 Å². The van der Waals surface area contributed by atoms with Crippen molar-refractivity contribution in [1.82, 2.24) is 29.8 Å². The lowest BCUT2D eigenvalue weighted by Gasteiger charge is -2.15. The van der Waals surface area contributed by atoms with E-state index >= 15 is 0 Å². The fourth-order valence-electron chi connectivity index (χ4n) is 3.31. The maximum absolute atomic E-state index is 4.62. The molecule has 3 aromatic rings. The van der Waals surface area contributed by atoms with E-state index < -0.39 is 0 Å². The van der Waals surface area contributed by atoms with Gasteiger partial charge in [0, 0.05) is 43.5 Å². The average molecular weight is 378 g/mol. The van der Waals surface area contributed by atoms with Crippen LogP contribution in [0, 0.1) is 0 Å². The molecule has 2 aromatic heterocycles. The normalized spacial score (nSPS) is 14.3.